The first-order valence-corrected chi connectivity index (χ1v) is 5.71. The molecule has 0 unspecified atom stereocenters. The van der Waals surface area contributed by atoms with E-state index in [2.05, 4.69) is 4.98 Å². The van der Waals surface area contributed by atoms with Crippen LogP contribution in [0.3, 0.4) is 0 Å². The van der Waals surface area contributed by atoms with Crippen molar-refractivity contribution in [3.8, 4) is 0 Å². The Balaban J connectivity index is 2.14. The average Bonchev–Trinajstić information content (AvgIpc) is 2.45. The van der Waals surface area contributed by atoms with Crippen molar-refractivity contribution in [3.05, 3.63) is 65.5 Å². The standard InChI is InChI=1S/C14H10F3NO2/c15-14(16,17)12-8-18-7-6-11(12)13(19)20-9-10-4-2-1-3-5-10/h1-8H,9H2. The molecular formula is C14H10F3NO2. The Morgan fingerprint density at radius 3 is 2.50 bits per heavy atom. The van der Waals surface area contributed by atoms with Crippen molar-refractivity contribution in [3.63, 3.8) is 0 Å². The molecule has 0 atom stereocenters. The van der Waals surface area contributed by atoms with E-state index >= 15 is 0 Å². The summed E-state index contributed by atoms with van der Waals surface area (Å²) in [6, 6.07) is 9.70. The molecule has 2 rings (SSSR count). The number of hydrogen-bond acceptors (Lipinski definition) is 3. The molecule has 0 N–H and O–H groups in total. The smallest absolute Gasteiger partial charge is 0.418 e. The van der Waals surface area contributed by atoms with Crippen LogP contribution in [0.2, 0.25) is 0 Å². The van der Waals surface area contributed by atoms with Crippen LogP contribution >= 0.6 is 0 Å². The van der Waals surface area contributed by atoms with Gasteiger partial charge in [-0.15, -0.1) is 0 Å². The normalized spacial score (nSPS) is 11.2. The number of rotatable bonds is 3. The molecule has 20 heavy (non-hydrogen) atoms. The topological polar surface area (TPSA) is 39.2 Å². The third kappa shape index (κ3) is 3.34. The highest BCUT2D eigenvalue weighted by Crippen LogP contribution is 2.31. The Morgan fingerprint density at radius 1 is 1.15 bits per heavy atom. The maximum Gasteiger partial charge on any atom is 0.418 e. The van der Waals surface area contributed by atoms with Gasteiger partial charge in [0.2, 0.25) is 0 Å². The lowest BCUT2D eigenvalue weighted by Crippen LogP contribution is -2.15. The van der Waals surface area contributed by atoms with E-state index in [-0.39, 0.29) is 6.61 Å². The molecule has 0 saturated carbocycles. The first-order valence-electron chi connectivity index (χ1n) is 5.71. The van der Waals surface area contributed by atoms with E-state index in [4.69, 9.17) is 4.74 Å². The summed E-state index contributed by atoms with van der Waals surface area (Å²) >= 11 is 0. The van der Waals surface area contributed by atoms with Gasteiger partial charge in [0, 0.05) is 12.4 Å². The van der Waals surface area contributed by atoms with Crippen LogP contribution in [-0.4, -0.2) is 11.0 Å². The molecule has 1 aromatic carbocycles. The highest BCUT2D eigenvalue weighted by molar-refractivity contribution is 5.91. The van der Waals surface area contributed by atoms with Gasteiger partial charge in [0.25, 0.3) is 0 Å². The van der Waals surface area contributed by atoms with Crippen molar-refractivity contribution in [2.75, 3.05) is 0 Å². The molecule has 0 spiro atoms. The number of ether oxygens (including phenoxy) is 1. The molecule has 6 heteroatoms. The minimum absolute atomic E-state index is 0.0840. The quantitative estimate of drug-likeness (QED) is 0.809. The SMILES string of the molecule is O=C(OCc1ccccc1)c1ccncc1C(F)(F)F. The summed E-state index contributed by atoms with van der Waals surface area (Å²) in [4.78, 5) is 15.1. The molecule has 0 aliphatic rings. The molecular weight excluding hydrogens is 271 g/mol. The van der Waals surface area contributed by atoms with Crippen molar-refractivity contribution in [2.45, 2.75) is 12.8 Å². The number of esters is 1. The van der Waals surface area contributed by atoms with Gasteiger partial charge in [-0.3, -0.25) is 4.98 Å². The van der Waals surface area contributed by atoms with Gasteiger partial charge in [0.05, 0.1) is 11.1 Å². The number of nitrogens with zero attached hydrogens (tertiary/aromatic N) is 1. The number of halogens is 3. The molecule has 0 aliphatic heterocycles. The van der Waals surface area contributed by atoms with Gasteiger partial charge in [0.1, 0.15) is 6.61 Å². The molecule has 1 aromatic heterocycles. The monoisotopic (exact) mass is 281 g/mol. The Morgan fingerprint density at radius 2 is 1.85 bits per heavy atom. The van der Waals surface area contributed by atoms with Crippen LogP contribution in [0.1, 0.15) is 21.5 Å². The second-order valence-corrected chi connectivity index (χ2v) is 3.98. The molecule has 0 bridgehead atoms. The van der Waals surface area contributed by atoms with Gasteiger partial charge >= 0.3 is 12.1 Å². The summed E-state index contributed by atoms with van der Waals surface area (Å²) in [6.45, 7) is -0.0840. The van der Waals surface area contributed by atoms with E-state index in [0.29, 0.717) is 11.8 Å². The van der Waals surface area contributed by atoms with Crippen molar-refractivity contribution in [1.82, 2.24) is 4.98 Å². The van der Waals surface area contributed by atoms with Crippen molar-refractivity contribution < 1.29 is 22.7 Å². The van der Waals surface area contributed by atoms with Crippen LogP contribution < -0.4 is 0 Å². The molecule has 0 amide bonds. The fourth-order valence-corrected chi connectivity index (χ4v) is 1.60. The molecule has 3 nitrogen and oxygen atoms in total. The third-order valence-corrected chi connectivity index (χ3v) is 2.56. The highest BCUT2D eigenvalue weighted by atomic mass is 19.4. The first-order chi connectivity index (χ1) is 9.48. The first kappa shape index (κ1) is 14.0. The van der Waals surface area contributed by atoms with Crippen LogP contribution in [0.4, 0.5) is 13.2 Å². The fourth-order valence-electron chi connectivity index (χ4n) is 1.60. The van der Waals surface area contributed by atoms with Crippen LogP contribution in [0, 0.1) is 0 Å². The zero-order valence-corrected chi connectivity index (χ0v) is 10.2. The summed E-state index contributed by atoms with van der Waals surface area (Å²) in [5.41, 5.74) is -0.940. The number of hydrogen-bond donors (Lipinski definition) is 0. The molecule has 0 aliphatic carbocycles. The average molecular weight is 281 g/mol. The van der Waals surface area contributed by atoms with Crippen LogP contribution in [0.15, 0.2) is 48.8 Å². The second kappa shape index (κ2) is 5.73. The summed E-state index contributed by atoms with van der Waals surface area (Å²) in [5.74, 6) is -1.02. The number of carbonyl (C=O) groups excluding carboxylic acids is 1. The zero-order chi connectivity index (χ0) is 14.6. The van der Waals surface area contributed by atoms with Crippen LogP contribution in [0.5, 0.6) is 0 Å². The van der Waals surface area contributed by atoms with Gasteiger partial charge in [-0.05, 0) is 11.6 Å². The summed E-state index contributed by atoms with van der Waals surface area (Å²) in [5, 5.41) is 0. The van der Waals surface area contributed by atoms with Gasteiger partial charge in [-0.1, -0.05) is 30.3 Å². The van der Waals surface area contributed by atoms with Gasteiger partial charge in [-0.2, -0.15) is 13.2 Å². The third-order valence-electron chi connectivity index (χ3n) is 2.56. The molecule has 0 fully saturated rings. The predicted octanol–water partition coefficient (Wildman–Crippen LogP) is 3.46. The van der Waals surface area contributed by atoms with E-state index in [1.165, 1.54) is 0 Å². The lowest BCUT2D eigenvalue weighted by Gasteiger charge is -2.11. The largest absolute Gasteiger partial charge is 0.457 e. The van der Waals surface area contributed by atoms with Crippen LogP contribution in [-0.2, 0) is 17.5 Å². The van der Waals surface area contributed by atoms with E-state index in [0.717, 1.165) is 12.3 Å². The predicted molar refractivity (Wildman–Crippen MR) is 64.8 cm³/mol. The molecule has 0 radical (unpaired) electrons. The molecule has 2 aromatic rings. The highest BCUT2D eigenvalue weighted by Gasteiger charge is 2.35. The van der Waals surface area contributed by atoms with E-state index in [1.54, 1.807) is 30.3 Å². The molecule has 1 heterocycles. The minimum Gasteiger partial charge on any atom is -0.457 e. The molecule has 104 valence electrons. The Hall–Kier alpha value is -2.37. The summed E-state index contributed by atoms with van der Waals surface area (Å²) in [7, 11) is 0. The number of pyridine rings is 1. The Labute approximate surface area is 113 Å². The van der Waals surface area contributed by atoms with Crippen LogP contribution in [0.25, 0.3) is 0 Å². The van der Waals surface area contributed by atoms with Crippen molar-refractivity contribution in [1.29, 1.82) is 0 Å². The Kier molecular flexibility index (Phi) is 4.02. The van der Waals surface area contributed by atoms with E-state index in [1.807, 2.05) is 0 Å². The number of alkyl halides is 3. The van der Waals surface area contributed by atoms with E-state index in [9.17, 15) is 18.0 Å². The summed E-state index contributed by atoms with van der Waals surface area (Å²) < 4.78 is 43.1. The van der Waals surface area contributed by atoms with Gasteiger partial charge < -0.3 is 4.74 Å². The van der Waals surface area contributed by atoms with Crippen molar-refractivity contribution in [2.24, 2.45) is 0 Å². The lowest BCUT2D eigenvalue weighted by atomic mass is 10.1. The maximum absolute atomic E-state index is 12.7. The maximum atomic E-state index is 12.7. The fraction of sp³-hybridized carbons (Fsp3) is 0.143. The van der Waals surface area contributed by atoms with Crippen molar-refractivity contribution >= 4 is 5.97 Å². The second-order valence-electron chi connectivity index (χ2n) is 3.98. The lowest BCUT2D eigenvalue weighted by molar-refractivity contribution is -0.138. The minimum atomic E-state index is -4.64. The zero-order valence-electron chi connectivity index (χ0n) is 10.2. The number of benzene rings is 1. The number of aromatic nitrogens is 1. The summed E-state index contributed by atoms with van der Waals surface area (Å²) in [6.07, 6.45) is -2.91. The Bertz CT molecular complexity index is 597. The number of carbonyl (C=O) groups is 1. The van der Waals surface area contributed by atoms with Gasteiger partial charge in [0.15, 0.2) is 0 Å². The molecule has 0 saturated heterocycles. The van der Waals surface area contributed by atoms with E-state index < -0.39 is 23.3 Å². The van der Waals surface area contributed by atoms with Gasteiger partial charge in [-0.25, -0.2) is 4.79 Å².